The summed E-state index contributed by atoms with van der Waals surface area (Å²) < 4.78 is 0. The van der Waals surface area contributed by atoms with E-state index in [-0.39, 0.29) is 35.9 Å². The van der Waals surface area contributed by atoms with Gasteiger partial charge in [0.2, 0.25) is 11.8 Å². The smallest absolute Gasteiger partial charge is 0.237 e. The van der Waals surface area contributed by atoms with E-state index < -0.39 is 0 Å². The van der Waals surface area contributed by atoms with Gasteiger partial charge in [0.05, 0.1) is 18.0 Å². The van der Waals surface area contributed by atoms with Crippen molar-refractivity contribution in [1.82, 2.24) is 20.4 Å². The van der Waals surface area contributed by atoms with E-state index in [1.54, 1.807) is 0 Å². The van der Waals surface area contributed by atoms with Gasteiger partial charge < -0.3 is 15.5 Å². The van der Waals surface area contributed by atoms with Gasteiger partial charge in [-0.15, -0.1) is 0 Å². The molecule has 3 aliphatic rings. The lowest BCUT2D eigenvalue weighted by Gasteiger charge is -2.42. The van der Waals surface area contributed by atoms with Crippen molar-refractivity contribution in [3.05, 3.63) is 0 Å². The lowest BCUT2D eigenvalue weighted by Crippen LogP contribution is -2.61. The minimum atomic E-state index is -0.337. The van der Waals surface area contributed by atoms with Crippen molar-refractivity contribution in [1.29, 1.82) is 0 Å². The minimum Gasteiger partial charge on any atom is -0.353 e. The van der Waals surface area contributed by atoms with Crippen LogP contribution in [0.2, 0.25) is 0 Å². The molecule has 2 saturated heterocycles. The molecular formula is C20H36N4O2. The summed E-state index contributed by atoms with van der Waals surface area (Å²) in [7, 11) is 0. The fourth-order valence-corrected chi connectivity index (χ4v) is 5.00. The molecule has 0 radical (unpaired) electrons. The second kappa shape index (κ2) is 8.70. The van der Waals surface area contributed by atoms with Gasteiger partial charge in [-0.3, -0.25) is 14.5 Å². The zero-order chi connectivity index (χ0) is 18.6. The largest absolute Gasteiger partial charge is 0.353 e. The standard InChI is InChI=1S/C20H36N4O2/c1-16(2)24-13-10-21-19(26)17(24)14-18(25)22-20(8-4-3-5-9-20)15-23-11-6-7-12-23/h16-17H,3-15H2,1-2H3,(H,21,26)(H,22,25)/t17-/m0/s1. The number of likely N-dealkylation sites (tertiary alicyclic amines) is 1. The summed E-state index contributed by atoms with van der Waals surface area (Å²) in [5, 5.41) is 6.32. The molecule has 0 aromatic rings. The van der Waals surface area contributed by atoms with E-state index in [1.807, 2.05) is 0 Å². The highest BCUT2D eigenvalue weighted by Crippen LogP contribution is 2.30. The third-order valence-corrected chi connectivity index (χ3v) is 6.35. The molecule has 0 aromatic carbocycles. The Labute approximate surface area is 158 Å². The van der Waals surface area contributed by atoms with E-state index >= 15 is 0 Å². The molecule has 2 aliphatic heterocycles. The fourth-order valence-electron chi connectivity index (χ4n) is 5.00. The van der Waals surface area contributed by atoms with Crippen LogP contribution in [0, 0.1) is 0 Å². The first-order valence-corrected chi connectivity index (χ1v) is 10.6. The Bertz CT molecular complexity index is 496. The van der Waals surface area contributed by atoms with Crippen LogP contribution in [0.1, 0.15) is 65.2 Å². The van der Waals surface area contributed by atoms with Gasteiger partial charge in [-0.05, 0) is 52.6 Å². The molecule has 1 atom stereocenters. The quantitative estimate of drug-likeness (QED) is 0.750. The molecule has 0 aromatic heterocycles. The van der Waals surface area contributed by atoms with Crippen molar-refractivity contribution in [3.8, 4) is 0 Å². The van der Waals surface area contributed by atoms with Gasteiger partial charge in [0.15, 0.2) is 0 Å². The van der Waals surface area contributed by atoms with E-state index in [0.717, 1.165) is 39.0 Å². The van der Waals surface area contributed by atoms with Gasteiger partial charge in [0.1, 0.15) is 0 Å². The number of carbonyl (C=O) groups is 2. The normalized spacial score (nSPS) is 27.5. The van der Waals surface area contributed by atoms with Gasteiger partial charge >= 0.3 is 0 Å². The maximum Gasteiger partial charge on any atom is 0.237 e. The Kier molecular flexibility index (Phi) is 6.56. The molecule has 0 spiro atoms. The maximum absolute atomic E-state index is 12.9. The van der Waals surface area contributed by atoms with Crippen molar-refractivity contribution < 1.29 is 9.59 Å². The van der Waals surface area contributed by atoms with Crippen LogP contribution in [0.4, 0.5) is 0 Å². The molecular weight excluding hydrogens is 328 g/mol. The van der Waals surface area contributed by atoms with Gasteiger partial charge in [-0.2, -0.15) is 0 Å². The molecule has 2 heterocycles. The van der Waals surface area contributed by atoms with Crippen LogP contribution in [-0.2, 0) is 9.59 Å². The zero-order valence-electron chi connectivity index (χ0n) is 16.6. The third kappa shape index (κ3) is 4.77. The molecule has 3 rings (SSSR count). The van der Waals surface area contributed by atoms with Crippen molar-refractivity contribution in [2.75, 3.05) is 32.7 Å². The molecule has 1 saturated carbocycles. The van der Waals surface area contributed by atoms with Gasteiger partial charge in [0, 0.05) is 25.7 Å². The first kappa shape index (κ1) is 19.6. The number of piperazine rings is 1. The van der Waals surface area contributed by atoms with E-state index in [0.29, 0.717) is 6.54 Å². The summed E-state index contributed by atoms with van der Waals surface area (Å²) in [6.45, 7) is 8.98. The topological polar surface area (TPSA) is 64.7 Å². The first-order chi connectivity index (χ1) is 12.5. The number of hydrogen-bond donors (Lipinski definition) is 2. The highest BCUT2D eigenvalue weighted by molar-refractivity contribution is 5.89. The van der Waals surface area contributed by atoms with Gasteiger partial charge in [-0.25, -0.2) is 0 Å². The molecule has 2 amide bonds. The minimum absolute atomic E-state index is 0.00247. The molecule has 148 valence electrons. The molecule has 6 heteroatoms. The summed E-state index contributed by atoms with van der Waals surface area (Å²) >= 11 is 0. The summed E-state index contributed by atoms with van der Waals surface area (Å²) in [5.74, 6) is 0.0381. The van der Waals surface area contributed by atoms with Crippen LogP contribution in [0.25, 0.3) is 0 Å². The lowest BCUT2D eigenvalue weighted by atomic mass is 9.81. The SMILES string of the molecule is CC(C)N1CCNC(=O)[C@@H]1CC(=O)NC1(CN2CCCC2)CCCCC1. The molecule has 0 unspecified atom stereocenters. The predicted octanol–water partition coefficient (Wildman–Crippen LogP) is 1.50. The Hall–Kier alpha value is -1.14. The average Bonchev–Trinajstić information content (AvgIpc) is 3.09. The summed E-state index contributed by atoms with van der Waals surface area (Å²) in [6, 6.07) is -0.0664. The Morgan fingerprint density at radius 1 is 1.15 bits per heavy atom. The van der Waals surface area contributed by atoms with Crippen molar-refractivity contribution in [2.24, 2.45) is 0 Å². The Morgan fingerprint density at radius 2 is 1.85 bits per heavy atom. The number of amides is 2. The number of rotatable bonds is 6. The predicted molar refractivity (Wildman–Crippen MR) is 103 cm³/mol. The number of carbonyl (C=O) groups excluding carboxylic acids is 2. The van der Waals surface area contributed by atoms with Crippen LogP contribution in [0.15, 0.2) is 0 Å². The first-order valence-electron chi connectivity index (χ1n) is 10.6. The summed E-state index contributed by atoms with van der Waals surface area (Å²) in [5.41, 5.74) is -0.0898. The van der Waals surface area contributed by atoms with E-state index in [1.165, 1.54) is 32.1 Å². The molecule has 2 N–H and O–H groups in total. The monoisotopic (exact) mass is 364 g/mol. The molecule has 1 aliphatic carbocycles. The van der Waals surface area contributed by atoms with Crippen molar-refractivity contribution in [3.63, 3.8) is 0 Å². The number of hydrogen-bond acceptors (Lipinski definition) is 4. The molecule has 0 bridgehead atoms. The average molecular weight is 365 g/mol. The maximum atomic E-state index is 12.9. The molecule has 3 fully saturated rings. The number of nitrogens with one attached hydrogen (secondary N) is 2. The van der Waals surface area contributed by atoms with Gasteiger partial charge in [-0.1, -0.05) is 19.3 Å². The molecule has 26 heavy (non-hydrogen) atoms. The van der Waals surface area contributed by atoms with Crippen LogP contribution >= 0.6 is 0 Å². The Balaban J connectivity index is 1.63. The lowest BCUT2D eigenvalue weighted by molar-refractivity contribution is -0.135. The zero-order valence-corrected chi connectivity index (χ0v) is 16.6. The Morgan fingerprint density at radius 3 is 2.50 bits per heavy atom. The van der Waals surface area contributed by atoms with Crippen molar-refractivity contribution in [2.45, 2.75) is 82.8 Å². The highest BCUT2D eigenvalue weighted by Gasteiger charge is 2.38. The molecule has 6 nitrogen and oxygen atoms in total. The van der Waals surface area contributed by atoms with Crippen LogP contribution < -0.4 is 10.6 Å². The van der Waals surface area contributed by atoms with Gasteiger partial charge in [0.25, 0.3) is 0 Å². The third-order valence-electron chi connectivity index (χ3n) is 6.35. The highest BCUT2D eigenvalue weighted by atomic mass is 16.2. The van der Waals surface area contributed by atoms with Crippen LogP contribution in [0.3, 0.4) is 0 Å². The van der Waals surface area contributed by atoms with Crippen LogP contribution in [0.5, 0.6) is 0 Å². The van der Waals surface area contributed by atoms with E-state index in [9.17, 15) is 9.59 Å². The van der Waals surface area contributed by atoms with E-state index in [2.05, 4.69) is 34.3 Å². The second-order valence-corrected chi connectivity index (χ2v) is 8.71. The number of nitrogens with zero attached hydrogens (tertiary/aromatic N) is 2. The summed E-state index contributed by atoms with van der Waals surface area (Å²) in [4.78, 5) is 30.0. The second-order valence-electron chi connectivity index (χ2n) is 8.71. The van der Waals surface area contributed by atoms with Crippen LogP contribution in [-0.4, -0.2) is 72.0 Å². The fraction of sp³-hybridized carbons (Fsp3) is 0.900. The van der Waals surface area contributed by atoms with E-state index in [4.69, 9.17) is 0 Å². The summed E-state index contributed by atoms with van der Waals surface area (Å²) in [6.07, 6.45) is 8.60. The van der Waals surface area contributed by atoms with Crippen molar-refractivity contribution >= 4 is 11.8 Å².